The molecule has 0 spiro atoms. The molecule has 0 aliphatic rings. The van der Waals surface area contributed by atoms with E-state index in [1.807, 2.05) is 0 Å². The number of aliphatic hydroxyl groups is 1. The summed E-state index contributed by atoms with van der Waals surface area (Å²) < 4.78 is 24.3. The average Bonchev–Trinajstić information content (AvgIpc) is 2.00. The first-order chi connectivity index (χ1) is 5.52. The van der Waals surface area contributed by atoms with Crippen LogP contribution in [0.2, 0.25) is 0 Å². The molecule has 5 heteroatoms. The molecule has 0 aliphatic carbocycles. The van der Waals surface area contributed by atoms with Crippen molar-refractivity contribution in [3.8, 4) is 0 Å². The van der Waals surface area contributed by atoms with E-state index in [1.54, 1.807) is 6.92 Å². The van der Waals surface area contributed by atoms with E-state index < -0.39 is 10.0 Å². The smallest absolute Gasteiger partial charge is 0.215 e. The Morgan fingerprint density at radius 1 is 1.67 bits per heavy atom. The Bertz CT molecular complexity index is 223. The summed E-state index contributed by atoms with van der Waals surface area (Å²) in [5, 5.41) is 8.61. The van der Waals surface area contributed by atoms with E-state index in [0.717, 1.165) is 0 Å². The minimum atomic E-state index is -3.22. The van der Waals surface area contributed by atoms with Crippen molar-refractivity contribution in [1.29, 1.82) is 0 Å². The van der Waals surface area contributed by atoms with E-state index >= 15 is 0 Å². The fourth-order valence-electron chi connectivity index (χ4n) is 0.548. The fraction of sp³-hybridized carbons (Fsp3) is 0.714. The molecule has 0 rings (SSSR count). The Morgan fingerprint density at radius 2 is 2.25 bits per heavy atom. The van der Waals surface area contributed by atoms with Crippen molar-refractivity contribution in [3.05, 3.63) is 12.7 Å². The second-order valence-corrected chi connectivity index (χ2v) is 4.56. The summed E-state index contributed by atoms with van der Waals surface area (Å²) in [6.07, 6.45) is 1.33. The van der Waals surface area contributed by atoms with E-state index in [2.05, 4.69) is 11.3 Å². The molecule has 1 atom stereocenters. The van der Waals surface area contributed by atoms with Crippen LogP contribution in [0.4, 0.5) is 0 Å². The molecule has 0 saturated carbocycles. The van der Waals surface area contributed by atoms with Gasteiger partial charge >= 0.3 is 0 Å². The van der Waals surface area contributed by atoms with Gasteiger partial charge in [0.2, 0.25) is 10.0 Å². The Kier molecular flexibility index (Phi) is 5.12. The molecule has 1 unspecified atom stereocenters. The van der Waals surface area contributed by atoms with Gasteiger partial charge < -0.3 is 5.11 Å². The summed E-state index contributed by atoms with van der Waals surface area (Å²) in [4.78, 5) is 0. The van der Waals surface area contributed by atoms with Crippen molar-refractivity contribution in [2.45, 2.75) is 6.92 Å². The number of hydrogen-bond donors (Lipinski definition) is 2. The zero-order valence-corrected chi connectivity index (χ0v) is 7.97. The normalized spacial score (nSPS) is 14.2. The molecule has 72 valence electrons. The van der Waals surface area contributed by atoms with Crippen molar-refractivity contribution >= 4 is 10.0 Å². The summed E-state index contributed by atoms with van der Waals surface area (Å²) in [6.45, 7) is 5.34. The van der Waals surface area contributed by atoms with Crippen LogP contribution in [0.25, 0.3) is 0 Å². The quantitative estimate of drug-likeness (QED) is 0.570. The summed E-state index contributed by atoms with van der Waals surface area (Å²) >= 11 is 0. The van der Waals surface area contributed by atoms with Gasteiger partial charge in [0.25, 0.3) is 0 Å². The van der Waals surface area contributed by atoms with E-state index in [4.69, 9.17) is 5.11 Å². The molecular weight excluding hydrogens is 178 g/mol. The number of aliphatic hydroxyl groups excluding tert-OH is 1. The van der Waals surface area contributed by atoms with Crippen molar-refractivity contribution in [2.75, 3.05) is 18.9 Å². The second kappa shape index (κ2) is 5.29. The van der Waals surface area contributed by atoms with Crippen LogP contribution < -0.4 is 4.72 Å². The van der Waals surface area contributed by atoms with Crippen LogP contribution in [0.3, 0.4) is 0 Å². The SMILES string of the molecule is C=CCS(=O)(=O)NCC(C)CO. The topological polar surface area (TPSA) is 66.4 Å². The molecule has 0 aromatic rings. The lowest BCUT2D eigenvalue weighted by molar-refractivity contribution is 0.238. The highest BCUT2D eigenvalue weighted by molar-refractivity contribution is 7.89. The van der Waals surface area contributed by atoms with Crippen molar-refractivity contribution in [3.63, 3.8) is 0 Å². The van der Waals surface area contributed by atoms with Crippen molar-refractivity contribution < 1.29 is 13.5 Å². The maximum atomic E-state index is 11.0. The van der Waals surface area contributed by atoms with Crippen LogP contribution >= 0.6 is 0 Å². The fourth-order valence-corrected chi connectivity index (χ4v) is 1.51. The summed E-state index contributed by atoms with van der Waals surface area (Å²) in [5.74, 6) is -0.130. The Balaban J connectivity index is 3.84. The molecule has 0 radical (unpaired) electrons. The summed E-state index contributed by atoms with van der Waals surface area (Å²) in [6, 6.07) is 0. The molecule has 0 aromatic carbocycles. The van der Waals surface area contributed by atoms with Crippen LogP contribution in [-0.2, 0) is 10.0 Å². The minimum Gasteiger partial charge on any atom is -0.396 e. The molecule has 0 bridgehead atoms. The van der Waals surface area contributed by atoms with Crippen LogP contribution in [0.15, 0.2) is 12.7 Å². The van der Waals surface area contributed by atoms with E-state index in [9.17, 15) is 8.42 Å². The van der Waals surface area contributed by atoms with Gasteiger partial charge in [-0.2, -0.15) is 0 Å². The maximum absolute atomic E-state index is 11.0. The zero-order chi connectivity index (χ0) is 9.61. The van der Waals surface area contributed by atoms with Crippen LogP contribution in [-0.4, -0.2) is 32.4 Å². The number of hydrogen-bond acceptors (Lipinski definition) is 3. The van der Waals surface area contributed by atoms with Gasteiger partial charge in [0.05, 0.1) is 5.75 Å². The first-order valence-corrected chi connectivity index (χ1v) is 5.36. The molecule has 0 heterocycles. The molecule has 0 aromatic heterocycles. The van der Waals surface area contributed by atoms with Gasteiger partial charge in [-0.05, 0) is 5.92 Å². The van der Waals surface area contributed by atoms with Crippen LogP contribution in [0, 0.1) is 5.92 Å². The van der Waals surface area contributed by atoms with Crippen LogP contribution in [0.1, 0.15) is 6.92 Å². The zero-order valence-electron chi connectivity index (χ0n) is 7.16. The van der Waals surface area contributed by atoms with Gasteiger partial charge in [-0.25, -0.2) is 13.1 Å². The van der Waals surface area contributed by atoms with Crippen molar-refractivity contribution in [2.24, 2.45) is 5.92 Å². The predicted octanol–water partition coefficient (Wildman–Crippen LogP) is -0.280. The Morgan fingerprint density at radius 3 is 2.67 bits per heavy atom. The van der Waals surface area contributed by atoms with Gasteiger partial charge in [-0.15, -0.1) is 6.58 Å². The van der Waals surface area contributed by atoms with Gasteiger partial charge in [-0.3, -0.25) is 0 Å². The maximum Gasteiger partial charge on any atom is 0.215 e. The molecule has 0 saturated heterocycles. The highest BCUT2D eigenvalue weighted by Crippen LogP contribution is 1.92. The molecule has 0 amide bonds. The van der Waals surface area contributed by atoms with Gasteiger partial charge in [0, 0.05) is 13.2 Å². The van der Waals surface area contributed by atoms with Crippen molar-refractivity contribution in [1.82, 2.24) is 4.72 Å². The number of sulfonamides is 1. The van der Waals surface area contributed by atoms with E-state index in [-0.39, 0.29) is 24.8 Å². The third kappa shape index (κ3) is 5.29. The lowest BCUT2D eigenvalue weighted by atomic mass is 10.2. The highest BCUT2D eigenvalue weighted by atomic mass is 32.2. The molecule has 2 N–H and O–H groups in total. The molecule has 4 nitrogen and oxygen atoms in total. The minimum absolute atomic E-state index is 0.0173. The molecular formula is C7H15NO3S. The standard InChI is InChI=1S/C7H15NO3S/c1-3-4-12(10,11)8-5-7(2)6-9/h3,7-9H,1,4-6H2,2H3. The van der Waals surface area contributed by atoms with Gasteiger partial charge in [0.15, 0.2) is 0 Å². The average molecular weight is 193 g/mol. The predicted molar refractivity (Wildman–Crippen MR) is 48.2 cm³/mol. The Labute approximate surface area is 73.3 Å². The lowest BCUT2D eigenvalue weighted by Crippen LogP contribution is -2.30. The molecule has 0 aliphatic heterocycles. The summed E-state index contributed by atoms with van der Waals surface area (Å²) in [7, 11) is -3.22. The lowest BCUT2D eigenvalue weighted by Gasteiger charge is -2.08. The molecule has 12 heavy (non-hydrogen) atoms. The first kappa shape index (κ1) is 11.6. The van der Waals surface area contributed by atoms with E-state index in [0.29, 0.717) is 0 Å². The third-order valence-electron chi connectivity index (χ3n) is 1.30. The number of rotatable bonds is 6. The first-order valence-electron chi connectivity index (χ1n) is 3.71. The van der Waals surface area contributed by atoms with Gasteiger partial charge in [0.1, 0.15) is 0 Å². The van der Waals surface area contributed by atoms with Crippen LogP contribution in [0.5, 0.6) is 0 Å². The summed E-state index contributed by atoms with van der Waals surface area (Å²) in [5.41, 5.74) is 0. The van der Waals surface area contributed by atoms with E-state index in [1.165, 1.54) is 6.08 Å². The monoisotopic (exact) mass is 193 g/mol. The molecule has 0 fully saturated rings. The largest absolute Gasteiger partial charge is 0.396 e. The van der Waals surface area contributed by atoms with Gasteiger partial charge in [-0.1, -0.05) is 13.0 Å². The second-order valence-electron chi connectivity index (χ2n) is 2.71. The third-order valence-corrected chi connectivity index (χ3v) is 2.58. The highest BCUT2D eigenvalue weighted by Gasteiger charge is 2.08. The Hall–Kier alpha value is -0.390. The number of nitrogens with one attached hydrogen (secondary N) is 1.